The summed E-state index contributed by atoms with van der Waals surface area (Å²) in [6.45, 7) is 3.91. The number of nitrogens with one attached hydrogen (secondary N) is 1. The molecule has 1 atom stereocenters. The molecule has 150 valence electrons. The molecule has 0 saturated heterocycles. The van der Waals surface area contributed by atoms with E-state index in [0.29, 0.717) is 13.0 Å². The Labute approximate surface area is 169 Å². The molecule has 0 aliphatic heterocycles. The van der Waals surface area contributed by atoms with Crippen molar-refractivity contribution in [1.82, 2.24) is 5.32 Å². The molecule has 0 aliphatic rings. The molecule has 0 saturated carbocycles. The topological polar surface area (TPSA) is 58.6 Å². The Morgan fingerprint density at radius 3 is 2.64 bits per heavy atom. The largest absolute Gasteiger partial charge is 0.326 e. The molecule has 2 aromatic rings. The molecule has 5 heteroatoms. The summed E-state index contributed by atoms with van der Waals surface area (Å²) >= 11 is 0. The zero-order valence-corrected chi connectivity index (χ0v) is 17.5. The number of hydrogen-bond acceptors (Lipinski definition) is 3. The van der Waals surface area contributed by atoms with Crippen molar-refractivity contribution in [2.45, 2.75) is 45.6 Å². The fourth-order valence-corrected chi connectivity index (χ4v) is 3.23. The molecular weight excluding hydrogens is 369 g/mol. The standard InChI is InChI=1S/C23H30NO3P/c1-20-18-22(19-24-16-9-17-27-28(25)26)14-15-23(20)13-8-3-2-5-10-21-11-6-4-7-12-21/h4,6-7,11-12,14-15,18,24,28H,2-3,5,9-10,16-17,19H2,1H3,(H,25,26). The Hall–Kier alpha value is -1.89. The predicted molar refractivity (Wildman–Crippen MR) is 116 cm³/mol. The predicted octanol–water partition coefficient (Wildman–Crippen LogP) is 4.64. The third kappa shape index (κ3) is 9.35. The highest BCUT2D eigenvalue weighted by molar-refractivity contribution is 7.32. The number of rotatable bonds is 11. The summed E-state index contributed by atoms with van der Waals surface area (Å²) in [6.07, 6.45) is 5.05. The van der Waals surface area contributed by atoms with Crippen molar-refractivity contribution in [2.75, 3.05) is 13.2 Å². The molecule has 0 aliphatic carbocycles. The molecule has 0 bridgehead atoms. The maximum atomic E-state index is 10.4. The lowest BCUT2D eigenvalue weighted by Gasteiger charge is -2.07. The van der Waals surface area contributed by atoms with Gasteiger partial charge in [-0.15, -0.1) is 0 Å². The van der Waals surface area contributed by atoms with Crippen LogP contribution < -0.4 is 5.32 Å². The first-order valence-electron chi connectivity index (χ1n) is 9.84. The quantitative estimate of drug-likeness (QED) is 0.328. The summed E-state index contributed by atoms with van der Waals surface area (Å²) in [5.74, 6) is 6.60. The Morgan fingerprint density at radius 1 is 1.07 bits per heavy atom. The molecule has 4 nitrogen and oxygen atoms in total. The van der Waals surface area contributed by atoms with E-state index in [-0.39, 0.29) is 0 Å². The second kappa shape index (κ2) is 13.3. The van der Waals surface area contributed by atoms with Crippen LogP contribution in [0.4, 0.5) is 0 Å². The molecule has 0 fully saturated rings. The maximum absolute atomic E-state index is 10.4. The molecule has 2 aromatic carbocycles. The molecule has 0 spiro atoms. The van der Waals surface area contributed by atoms with Crippen LogP contribution >= 0.6 is 8.25 Å². The van der Waals surface area contributed by atoms with Gasteiger partial charge >= 0.3 is 8.25 Å². The maximum Gasteiger partial charge on any atom is 0.316 e. The summed E-state index contributed by atoms with van der Waals surface area (Å²) in [5.41, 5.74) is 4.89. The summed E-state index contributed by atoms with van der Waals surface area (Å²) < 4.78 is 15.1. The minimum Gasteiger partial charge on any atom is -0.326 e. The first-order valence-corrected chi connectivity index (χ1v) is 11.1. The SMILES string of the molecule is Cc1cc(CNCCCO[PH](=O)O)ccc1C#CCCCCc1ccccc1. The van der Waals surface area contributed by atoms with Crippen molar-refractivity contribution in [3.05, 3.63) is 70.8 Å². The van der Waals surface area contributed by atoms with Crippen LogP contribution in [0.5, 0.6) is 0 Å². The van der Waals surface area contributed by atoms with Gasteiger partial charge in [0.25, 0.3) is 0 Å². The molecular formula is C23H30NO3P. The van der Waals surface area contributed by atoms with E-state index in [2.05, 4.69) is 77.1 Å². The van der Waals surface area contributed by atoms with Crippen molar-refractivity contribution in [1.29, 1.82) is 0 Å². The van der Waals surface area contributed by atoms with Gasteiger partial charge in [-0.25, -0.2) is 0 Å². The van der Waals surface area contributed by atoms with Gasteiger partial charge in [-0.1, -0.05) is 54.3 Å². The van der Waals surface area contributed by atoms with Crippen molar-refractivity contribution in [2.24, 2.45) is 0 Å². The highest BCUT2D eigenvalue weighted by Crippen LogP contribution is 2.14. The van der Waals surface area contributed by atoms with Crippen LogP contribution in [0.3, 0.4) is 0 Å². The lowest BCUT2D eigenvalue weighted by Crippen LogP contribution is -2.16. The number of hydrogen-bond donors (Lipinski definition) is 2. The van der Waals surface area contributed by atoms with E-state index < -0.39 is 8.25 Å². The van der Waals surface area contributed by atoms with Gasteiger partial charge < -0.3 is 14.7 Å². The Bertz CT molecular complexity index is 796. The van der Waals surface area contributed by atoms with Gasteiger partial charge in [0.05, 0.1) is 6.61 Å². The van der Waals surface area contributed by atoms with Gasteiger partial charge in [-0.2, -0.15) is 0 Å². The van der Waals surface area contributed by atoms with Gasteiger partial charge in [-0.05, 0) is 61.9 Å². The van der Waals surface area contributed by atoms with Gasteiger partial charge in [0.2, 0.25) is 0 Å². The van der Waals surface area contributed by atoms with E-state index in [1.165, 1.54) is 23.1 Å². The smallest absolute Gasteiger partial charge is 0.316 e. The molecule has 1 unspecified atom stereocenters. The Morgan fingerprint density at radius 2 is 1.89 bits per heavy atom. The average Bonchev–Trinajstić information content (AvgIpc) is 2.69. The van der Waals surface area contributed by atoms with E-state index in [1.54, 1.807) is 0 Å². The summed E-state index contributed by atoms with van der Waals surface area (Å²) in [7, 11) is -2.80. The molecule has 2 rings (SSSR count). The van der Waals surface area contributed by atoms with Gasteiger partial charge in [-0.3, -0.25) is 4.57 Å². The molecule has 0 aromatic heterocycles. The van der Waals surface area contributed by atoms with Crippen LogP contribution in [-0.2, 0) is 22.1 Å². The van der Waals surface area contributed by atoms with Crippen LogP contribution in [0.1, 0.15) is 47.9 Å². The van der Waals surface area contributed by atoms with Crippen molar-refractivity contribution >= 4 is 8.25 Å². The highest BCUT2D eigenvalue weighted by Gasteiger charge is 1.99. The first kappa shape index (κ1) is 22.4. The molecule has 0 amide bonds. The lowest BCUT2D eigenvalue weighted by atomic mass is 10.0. The van der Waals surface area contributed by atoms with Gasteiger partial charge in [0.1, 0.15) is 0 Å². The summed E-state index contributed by atoms with van der Waals surface area (Å²) in [5, 5.41) is 3.31. The van der Waals surface area contributed by atoms with E-state index in [9.17, 15) is 4.57 Å². The molecule has 28 heavy (non-hydrogen) atoms. The lowest BCUT2D eigenvalue weighted by molar-refractivity contribution is 0.276. The van der Waals surface area contributed by atoms with Gasteiger partial charge in [0, 0.05) is 18.5 Å². The number of aryl methyl sites for hydroxylation is 2. The first-order chi connectivity index (χ1) is 13.6. The van der Waals surface area contributed by atoms with E-state index >= 15 is 0 Å². The fourth-order valence-electron chi connectivity index (χ4n) is 2.91. The van der Waals surface area contributed by atoms with Crippen LogP contribution in [0.25, 0.3) is 0 Å². The van der Waals surface area contributed by atoms with Crippen LogP contribution in [0, 0.1) is 18.8 Å². The fraction of sp³-hybridized carbons (Fsp3) is 0.391. The molecule has 0 radical (unpaired) electrons. The summed E-state index contributed by atoms with van der Waals surface area (Å²) in [4.78, 5) is 8.59. The van der Waals surface area contributed by atoms with Crippen LogP contribution in [-0.4, -0.2) is 18.0 Å². The van der Waals surface area contributed by atoms with E-state index in [1.807, 2.05) is 0 Å². The van der Waals surface area contributed by atoms with Crippen molar-refractivity contribution in [3.8, 4) is 11.8 Å². The second-order valence-corrected chi connectivity index (χ2v) is 7.61. The number of unbranched alkanes of at least 4 members (excludes halogenated alkanes) is 2. The highest BCUT2D eigenvalue weighted by atomic mass is 31.1. The Kier molecular flexibility index (Phi) is 10.7. The molecule has 0 heterocycles. The average molecular weight is 399 g/mol. The minimum absolute atomic E-state index is 0.306. The Balaban J connectivity index is 1.66. The monoisotopic (exact) mass is 399 g/mol. The third-order valence-corrected chi connectivity index (χ3v) is 4.88. The molecule has 2 N–H and O–H groups in total. The van der Waals surface area contributed by atoms with Crippen LogP contribution in [0.2, 0.25) is 0 Å². The normalized spacial score (nSPS) is 11.6. The zero-order chi connectivity index (χ0) is 20.0. The van der Waals surface area contributed by atoms with Crippen molar-refractivity contribution < 1.29 is 14.0 Å². The third-order valence-electron chi connectivity index (χ3n) is 4.43. The van der Waals surface area contributed by atoms with Gasteiger partial charge in [0.15, 0.2) is 0 Å². The minimum atomic E-state index is -2.80. The summed E-state index contributed by atoms with van der Waals surface area (Å²) in [6, 6.07) is 16.9. The van der Waals surface area contributed by atoms with Crippen LogP contribution in [0.15, 0.2) is 48.5 Å². The van der Waals surface area contributed by atoms with E-state index in [0.717, 1.165) is 37.9 Å². The van der Waals surface area contributed by atoms with E-state index in [4.69, 9.17) is 4.89 Å². The number of benzene rings is 2. The zero-order valence-electron chi connectivity index (χ0n) is 16.5. The van der Waals surface area contributed by atoms with Crippen molar-refractivity contribution in [3.63, 3.8) is 0 Å². The second-order valence-electron chi connectivity index (χ2n) is 6.79.